The first-order valence-corrected chi connectivity index (χ1v) is 8.07. The summed E-state index contributed by atoms with van der Waals surface area (Å²) in [6.07, 6.45) is 0. The Labute approximate surface area is 104 Å². The lowest BCUT2D eigenvalue weighted by Gasteiger charge is -2.21. The Morgan fingerprint density at radius 3 is 2.94 bits per heavy atom. The molecule has 6 heteroatoms. The number of fused-ring (bicyclic) bond motifs is 1. The molecule has 0 amide bonds. The summed E-state index contributed by atoms with van der Waals surface area (Å²) in [4.78, 5) is 4.49. The molecule has 0 bridgehead atoms. The fourth-order valence-electron chi connectivity index (χ4n) is 1.98. The first kappa shape index (κ1) is 11.1. The molecule has 2 heterocycles. The summed E-state index contributed by atoms with van der Waals surface area (Å²) >= 11 is 1.57. The van der Waals surface area contributed by atoms with Gasteiger partial charge in [-0.05, 0) is 12.1 Å². The summed E-state index contributed by atoms with van der Waals surface area (Å²) in [5.41, 5.74) is 0.942. The summed E-state index contributed by atoms with van der Waals surface area (Å²) < 4.78 is 24.3. The van der Waals surface area contributed by atoms with Crippen LogP contribution in [0.25, 0.3) is 10.2 Å². The molecule has 1 aliphatic rings. The minimum atomic E-state index is -2.91. The van der Waals surface area contributed by atoms with Gasteiger partial charge in [-0.1, -0.05) is 12.1 Å². The predicted octanol–water partition coefficient (Wildman–Crippen LogP) is 1.36. The predicted molar refractivity (Wildman–Crippen MR) is 69.0 cm³/mol. The Balaban J connectivity index is 1.98. The zero-order valence-corrected chi connectivity index (χ0v) is 10.7. The van der Waals surface area contributed by atoms with Gasteiger partial charge in [0, 0.05) is 6.54 Å². The highest BCUT2D eigenvalue weighted by molar-refractivity contribution is 7.91. The van der Waals surface area contributed by atoms with Crippen molar-refractivity contribution in [3.63, 3.8) is 0 Å². The number of sulfone groups is 1. The number of rotatable bonds is 1. The molecule has 1 aromatic heterocycles. The van der Waals surface area contributed by atoms with Crippen molar-refractivity contribution >= 4 is 31.4 Å². The molecule has 0 spiro atoms. The standard InChI is InChI=1S/C11H12N2O2S2/c14-17(15)6-5-12-9(7-17)11-13-8-3-1-2-4-10(8)16-11/h1-4,9,12H,5-7H2. The summed E-state index contributed by atoms with van der Waals surface area (Å²) in [6, 6.07) is 7.72. The Morgan fingerprint density at radius 2 is 2.18 bits per heavy atom. The fraction of sp³-hybridized carbons (Fsp3) is 0.364. The van der Waals surface area contributed by atoms with Crippen LogP contribution in [0.4, 0.5) is 0 Å². The lowest BCUT2D eigenvalue weighted by atomic mass is 10.3. The van der Waals surface area contributed by atoms with Gasteiger partial charge in [-0.15, -0.1) is 11.3 Å². The highest BCUT2D eigenvalue weighted by Gasteiger charge is 2.27. The van der Waals surface area contributed by atoms with Gasteiger partial charge in [-0.25, -0.2) is 13.4 Å². The second-order valence-electron chi connectivity index (χ2n) is 4.14. The molecule has 1 N–H and O–H groups in total. The van der Waals surface area contributed by atoms with Crippen LogP contribution in [0.15, 0.2) is 24.3 Å². The number of thiazole rings is 1. The van der Waals surface area contributed by atoms with E-state index in [1.165, 1.54) is 0 Å². The van der Waals surface area contributed by atoms with Crippen molar-refractivity contribution in [3.8, 4) is 0 Å². The Kier molecular flexibility index (Phi) is 2.65. The van der Waals surface area contributed by atoms with Crippen LogP contribution in [-0.2, 0) is 9.84 Å². The number of para-hydroxylation sites is 1. The van der Waals surface area contributed by atoms with Gasteiger partial charge in [0.2, 0.25) is 0 Å². The molecular weight excluding hydrogens is 256 g/mol. The Bertz CT molecular complexity index is 615. The highest BCUT2D eigenvalue weighted by atomic mass is 32.2. The van der Waals surface area contributed by atoms with E-state index in [1.807, 2.05) is 24.3 Å². The third-order valence-corrected chi connectivity index (χ3v) is 5.65. The van der Waals surface area contributed by atoms with Crippen LogP contribution in [0, 0.1) is 0 Å². The molecule has 0 radical (unpaired) electrons. The number of benzene rings is 1. The minimum Gasteiger partial charge on any atom is -0.306 e. The molecule has 0 saturated carbocycles. The zero-order chi connectivity index (χ0) is 11.9. The largest absolute Gasteiger partial charge is 0.306 e. The molecule has 90 valence electrons. The molecule has 1 atom stereocenters. The molecule has 4 nitrogen and oxygen atoms in total. The number of nitrogens with one attached hydrogen (secondary N) is 1. The van der Waals surface area contributed by atoms with Crippen molar-refractivity contribution in [1.29, 1.82) is 0 Å². The maximum Gasteiger partial charge on any atom is 0.153 e. The average Bonchev–Trinajstić information content (AvgIpc) is 2.71. The monoisotopic (exact) mass is 268 g/mol. The van der Waals surface area contributed by atoms with E-state index in [4.69, 9.17) is 0 Å². The molecule has 17 heavy (non-hydrogen) atoms. The van der Waals surface area contributed by atoms with Crippen LogP contribution in [0.3, 0.4) is 0 Å². The maximum atomic E-state index is 11.6. The smallest absolute Gasteiger partial charge is 0.153 e. The van der Waals surface area contributed by atoms with E-state index < -0.39 is 9.84 Å². The van der Waals surface area contributed by atoms with Gasteiger partial charge in [0.15, 0.2) is 9.84 Å². The first-order chi connectivity index (χ1) is 8.14. The maximum absolute atomic E-state index is 11.6. The van der Waals surface area contributed by atoms with Gasteiger partial charge >= 0.3 is 0 Å². The van der Waals surface area contributed by atoms with Crippen molar-refractivity contribution < 1.29 is 8.42 Å². The lowest BCUT2D eigenvalue weighted by molar-refractivity contribution is 0.530. The normalized spacial score (nSPS) is 23.9. The molecule has 1 aliphatic heterocycles. The summed E-state index contributed by atoms with van der Waals surface area (Å²) in [5, 5.41) is 4.09. The second-order valence-corrected chi connectivity index (χ2v) is 7.43. The van der Waals surface area contributed by atoms with Crippen LogP contribution in [0.5, 0.6) is 0 Å². The number of hydrogen-bond acceptors (Lipinski definition) is 5. The lowest BCUT2D eigenvalue weighted by Crippen LogP contribution is -2.39. The van der Waals surface area contributed by atoms with E-state index in [0.717, 1.165) is 15.2 Å². The summed E-state index contributed by atoms with van der Waals surface area (Å²) in [7, 11) is -2.91. The van der Waals surface area contributed by atoms with Gasteiger partial charge in [0.25, 0.3) is 0 Å². The van der Waals surface area contributed by atoms with Crippen molar-refractivity contribution in [2.24, 2.45) is 0 Å². The molecule has 0 aliphatic carbocycles. The summed E-state index contributed by atoms with van der Waals surface area (Å²) in [5.74, 6) is 0.390. The second kappa shape index (κ2) is 4.04. The van der Waals surface area contributed by atoms with Crippen LogP contribution in [-0.4, -0.2) is 31.5 Å². The van der Waals surface area contributed by atoms with Gasteiger partial charge in [-0.3, -0.25) is 0 Å². The number of hydrogen-bond donors (Lipinski definition) is 1. The molecule has 1 saturated heterocycles. The highest BCUT2D eigenvalue weighted by Crippen LogP contribution is 2.28. The van der Waals surface area contributed by atoms with E-state index in [0.29, 0.717) is 6.54 Å². The van der Waals surface area contributed by atoms with E-state index in [9.17, 15) is 8.42 Å². The van der Waals surface area contributed by atoms with Crippen molar-refractivity contribution in [2.75, 3.05) is 18.1 Å². The van der Waals surface area contributed by atoms with Gasteiger partial charge < -0.3 is 5.32 Å². The van der Waals surface area contributed by atoms with E-state index in [2.05, 4.69) is 10.3 Å². The first-order valence-electron chi connectivity index (χ1n) is 5.43. The number of nitrogens with zero attached hydrogens (tertiary/aromatic N) is 1. The van der Waals surface area contributed by atoms with Crippen molar-refractivity contribution in [3.05, 3.63) is 29.3 Å². The fourth-order valence-corrected chi connectivity index (χ4v) is 4.51. The third kappa shape index (κ3) is 2.20. The van der Waals surface area contributed by atoms with Gasteiger partial charge in [0.1, 0.15) is 5.01 Å². The van der Waals surface area contributed by atoms with Crippen LogP contribution >= 0.6 is 11.3 Å². The van der Waals surface area contributed by atoms with Crippen molar-refractivity contribution in [1.82, 2.24) is 10.3 Å². The van der Waals surface area contributed by atoms with E-state index in [1.54, 1.807) is 11.3 Å². The summed E-state index contributed by atoms with van der Waals surface area (Å²) in [6.45, 7) is 0.517. The molecule has 3 rings (SSSR count). The topological polar surface area (TPSA) is 59.1 Å². The quantitative estimate of drug-likeness (QED) is 0.848. The molecule has 1 fully saturated rings. The van der Waals surface area contributed by atoms with Crippen LogP contribution in [0.1, 0.15) is 11.0 Å². The molecule has 1 unspecified atom stereocenters. The third-order valence-electron chi connectivity index (χ3n) is 2.83. The average molecular weight is 268 g/mol. The van der Waals surface area contributed by atoms with Gasteiger partial charge in [-0.2, -0.15) is 0 Å². The van der Waals surface area contributed by atoms with E-state index >= 15 is 0 Å². The SMILES string of the molecule is O=S1(=O)CCNC(c2nc3ccccc3s2)C1. The van der Waals surface area contributed by atoms with Crippen molar-refractivity contribution in [2.45, 2.75) is 6.04 Å². The molecule has 2 aromatic rings. The minimum absolute atomic E-state index is 0.147. The number of aromatic nitrogens is 1. The van der Waals surface area contributed by atoms with Crippen LogP contribution < -0.4 is 5.32 Å². The van der Waals surface area contributed by atoms with Crippen LogP contribution in [0.2, 0.25) is 0 Å². The Morgan fingerprint density at radius 1 is 1.35 bits per heavy atom. The molecule has 1 aromatic carbocycles. The Hall–Kier alpha value is -0.980. The van der Waals surface area contributed by atoms with E-state index in [-0.39, 0.29) is 17.5 Å². The zero-order valence-electron chi connectivity index (χ0n) is 9.09. The van der Waals surface area contributed by atoms with Gasteiger partial charge in [0.05, 0.1) is 27.8 Å². The molecular formula is C11H12N2O2S2.